The van der Waals surface area contributed by atoms with Gasteiger partial charge in [0.1, 0.15) is 6.10 Å². The Kier molecular flexibility index (Phi) is 5.24. The zero-order valence-electron chi connectivity index (χ0n) is 14.6. The molecule has 1 atom stereocenters. The molecule has 25 heavy (non-hydrogen) atoms. The number of thioether (sulfide) groups is 1. The van der Waals surface area contributed by atoms with Crippen LogP contribution in [0.25, 0.3) is 16.6 Å². The van der Waals surface area contributed by atoms with Gasteiger partial charge in [0.2, 0.25) is 0 Å². The van der Waals surface area contributed by atoms with Crippen LogP contribution in [0.15, 0.2) is 35.1 Å². The van der Waals surface area contributed by atoms with Crippen LogP contribution in [0.2, 0.25) is 0 Å². The van der Waals surface area contributed by atoms with Gasteiger partial charge < -0.3 is 9.67 Å². The van der Waals surface area contributed by atoms with Gasteiger partial charge in [0.25, 0.3) is 5.56 Å². The number of benzene rings is 1. The molecule has 2 aromatic heterocycles. The number of rotatable bonds is 6. The molecule has 0 saturated carbocycles. The molecule has 3 aromatic rings. The van der Waals surface area contributed by atoms with E-state index in [0.717, 1.165) is 23.1 Å². The number of para-hydroxylation sites is 1. The number of aromatic nitrogens is 4. The molecule has 0 bridgehead atoms. The SMILES string of the molecule is CCC(O)c1nc(CCSC)nn1-c1cc(=O)n(C)c2ccccc12. The third-order valence-corrected chi connectivity index (χ3v) is 4.86. The molecule has 0 radical (unpaired) electrons. The molecule has 2 heterocycles. The normalized spacial score (nSPS) is 12.6. The van der Waals surface area contributed by atoms with Crippen molar-refractivity contribution in [2.24, 2.45) is 7.05 Å². The Balaban J connectivity index is 2.25. The number of aryl methyl sites for hydroxylation is 2. The third-order valence-electron chi connectivity index (χ3n) is 4.25. The fourth-order valence-electron chi connectivity index (χ4n) is 2.81. The summed E-state index contributed by atoms with van der Waals surface area (Å²) in [6, 6.07) is 9.24. The molecular formula is C18H22N4O2S. The zero-order valence-corrected chi connectivity index (χ0v) is 15.5. The van der Waals surface area contributed by atoms with Gasteiger partial charge in [-0.3, -0.25) is 4.79 Å². The Morgan fingerprint density at radius 1 is 1.32 bits per heavy atom. The highest BCUT2D eigenvalue weighted by Gasteiger charge is 2.20. The van der Waals surface area contributed by atoms with Crippen LogP contribution in [-0.2, 0) is 13.5 Å². The van der Waals surface area contributed by atoms with Crippen molar-refractivity contribution in [1.82, 2.24) is 19.3 Å². The quantitative estimate of drug-likeness (QED) is 0.733. The molecule has 1 aromatic carbocycles. The molecule has 6 nitrogen and oxygen atoms in total. The first-order chi connectivity index (χ1) is 12.1. The van der Waals surface area contributed by atoms with Gasteiger partial charge in [0.05, 0.1) is 11.2 Å². The molecule has 0 fully saturated rings. The van der Waals surface area contributed by atoms with Gasteiger partial charge in [-0.1, -0.05) is 25.1 Å². The summed E-state index contributed by atoms with van der Waals surface area (Å²) in [5.41, 5.74) is 1.36. The Morgan fingerprint density at radius 3 is 2.80 bits per heavy atom. The van der Waals surface area contributed by atoms with Gasteiger partial charge >= 0.3 is 0 Å². The molecule has 0 aliphatic heterocycles. The average Bonchev–Trinajstić information content (AvgIpc) is 3.06. The van der Waals surface area contributed by atoms with Crippen LogP contribution in [0, 0.1) is 0 Å². The van der Waals surface area contributed by atoms with Crippen molar-refractivity contribution >= 4 is 22.7 Å². The Morgan fingerprint density at radius 2 is 2.08 bits per heavy atom. The standard InChI is InChI=1S/C18H22N4O2S/c1-4-15(23)18-19-16(9-10-25-3)20-22(18)14-11-17(24)21(2)13-8-6-5-7-12(13)14/h5-8,11,15,23H,4,9-10H2,1-3H3. The average molecular weight is 358 g/mol. The minimum absolute atomic E-state index is 0.119. The maximum atomic E-state index is 12.4. The van der Waals surface area contributed by atoms with Crippen LogP contribution >= 0.6 is 11.8 Å². The van der Waals surface area contributed by atoms with Crippen LogP contribution in [0.1, 0.15) is 31.1 Å². The first-order valence-corrected chi connectivity index (χ1v) is 9.68. The van der Waals surface area contributed by atoms with Crippen LogP contribution < -0.4 is 5.56 Å². The number of pyridine rings is 1. The predicted octanol–water partition coefficient (Wildman–Crippen LogP) is 2.47. The van der Waals surface area contributed by atoms with Crippen molar-refractivity contribution in [3.05, 3.63) is 52.3 Å². The highest BCUT2D eigenvalue weighted by Crippen LogP contribution is 2.24. The molecule has 0 spiro atoms. The lowest BCUT2D eigenvalue weighted by Crippen LogP contribution is -2.19. The number of nitrogens with zero attached hydrogens (tertiary/aromatic N) is 4. The highest BCUT2D eigenvalue weighted by molar-refractivity contribution is 7.98. The van der Waals surface area contributed by atoms with Crippen molar-refractivity contribution in [3.63, 3.8) is 0 Å². The van der Waals surface area contributed by atoms with Crippen LogP contribution in [0.3, 0.4) is 0 Å². The lowest BCUT2D eigenvalue weighted by molar-refractivity contribution is 0.161. The summed E-state index contributed by atoms with van der Waals surface area (Å²) in [4.78, 5) is 16.9. The number of aliphatic hydroxyl groups is 1. The van der Waals surface area contributed by atoms with Crippen molar-refractivity contribution < 1.29 is 5.11 Å². The van der Waals surface area contributed by atoms with E-state index in [9.17, 15) is 9.90 Å². The lowest BCUT2D eigenvalue weighted by atomic mass is 10.1. The summed E-state index contributed by atoms with van der Waals surface area (Å²) in [6.45, 7) is 1.90. The number of aliphatic hydroxyl groups excluding tert-OH is 1. The van der Waals surface area contributed by atoms with Gasteiger partial charge in [-0.15, -0.1) is 0 Å². The van der Waals surface area contributed by atoms with Crippen molar-refractivity contribution in [3.8, 4) is 5.69 Å². The van der Waals surface area contributed by atoms with Crippen molar-refractivity contribution in [1.29, 1.82) is 0 Å². The molecule has 0 aliphatic carbocycles. The number of hydrogen-bond acceptors (Lipinski definition) is 5. The van der Waals surface area contributed by atoms with Gasteiger partial charge in [-0.25, -0.2) is 9.67 Å². The van der Waals surface area contributed by atoms with Gasteiger partial charge in [-0.05, 0) is 18.7 Å². The summed E-state index contributed by atoms with van der Waals surface area (Å²) in [5, 5.41) is 15.9. The summed E-state index contributed by atoms with van der Waals surface area (Å²) in [6.07, 6.45) is 2.56. The lowest BCUT2D eigenvalue weighted by Gasteiger charge is -2.13. The molecule has 7 heteroatoms. The van der Waals surface area contributed by atoms with Crippen LogP contribution in [-0.4, -0.2) is 36.4 Å². The minimum atomic E-state index is -0.724. The second kappa shape index (κ2) is 7.41. The van der Waals surface area contributed by atoms with E-state index in [4.69, 9.17) is 0 Å². The van der Waals surface area contributed by atoms with Gasteiger partial charge in [0, 0.05) is 30.7 Å². The van der Waals surface area contributed by atoms with E-state index >= 15 is 0 Å². The number of fused-ring (bicyclic) bond motifs is 1. The summed E-state index contributed by atoms with van der Waals surface area (Å²) < 4.78 is 3.24. The maximum absolute atomic E-state index is 12.4. The first kappa shape index (κ1) is 17.7. The minimum Gasteiger partial charge on any atom is -0.385 e. The second-order valence-electron chi connectivity index (χ2n) is 5.91. The third kappa shape index (κ3) is 3.34. The van der Waals surface area contributed by atoms with E-state index in [-0.39, 0.29) is 5.56 Å². The smallest absolute Gasteiger partial charge is 0.252 e. The Bertz CT molecular complexity index is 948. The van der Waals surface area contributed by atoms with Crippen molar-refractivity contribution in [2.75, 3.05) is 12.0 Å². The highest BCUT2D eigenvalue weighted by atomic mass is 32.2. The fourth-order valence-corrected chi connectivity index (χ4v) is 3.20. The molecule has 0 saturated heterocycles. The van der Waals surface area contributed by atoms with E-state index in [1.807, 2.05) is 37.4 Å². The first-order valence-electron chi connectivity index (χ1n) is 8.28. The molecule has 0 amide bonds. The number of hydrogen-bond donors (Lipinski definition) is 1. The fraction of sp³-hybridized carbons (Fsp3) is 0.389. The molecule has 3 rings (SSSR count). The van der Waals surface area contributed by atoms with E-state index in [1.165, 1.54) is 0 Å². The molecular weight excluding hydrogens is 336 g/mol. The molecule has 1 unspecified atom stereocenters. The van der Waals surface area contributed by atoms with Gasteiger partial charge in [0.15, 0.2) is 11.6 Å². The molecule has 1 N–H and O–H groups in total. The summed E-state index contributed by atoms with van der Waals surface area (Å²) >= 11 is 1.72. The Hall–Kier alpha value is -2.12. The van der Waals surface area contributed by atoms with Crippen molar-refractivity contribution in [2.45, 2.75) is 25.9 Å². The van der Waals surface area contributed by atoms with Crippen LogP contribution in [0.4, 0.5) is 0 Å². The largest absolute Gasteiger partial charge is 0.385 e. The van der Waals surface area contributed by atoms with E-state index in [1.54, 1.807) is 34.1 Å². The monoisotopic (exact) mass is 358 g/mol. The predicted molar refractivity (Wildman–Crippen MR) is 101 cm³/mol. The Labute approximate surface area is 150 Å². The second-order valence-corrected chi connectivity index (χ2v) is 6.89. The molecule has 0 aliphatic rings. The van der Waals surface area contributed by atoms with E-state index in [2.05, 4.69) is 10.1 Å². The molecule has 132 valence electrons. The summed E-state index contributed by atoms with van der Waals surface area (Å²) in [5.74, 6) is 2.07. The summed E-state index contributed by atoms with van der Waals surface area (Å²) in [7, 11) is 1.75. The maximum Gasteiger partial charge on any atom is 0.252 e. The van der Waals surface area contributed by atoms with E-state index < -0.39 is 6.10 Å². The zero-order chi connectivity index (χ0) is 18.0. The van der Waals surface area contributed by atoms with E-state index in [0.29, 0.717) is 23.8 Å². The van der Waals surface area contributed by atoms with Crippen LogP contribution in [0.5, 0.6) is 0 Å². The van der Waals surface area contributed by atoms with Gasteiger partial charge in [-0.2, -0.15) is 16.9 Å². The topological polar surface area (TPSA) is 72.9 Å².